The normalized spacial score (nSPS) is 12.7. The van der Waals surface area contributed by atoms with Crippen molar-refractivity contribution in [2.24, 2.45) is 0 Å². The minimum Gasteiger partial charge on any atom is -0.366 e. The predicted molar refractivity (Wildman–Crippen MR) is 131 cm³/mol. The van der Waals surface area contributed by atoms with Crippen LogP contribution in [0, 0.1) is 0 Å². The lowest BCUT2D eigenvalue weighted by Gasteiger charge is -2.23. The number of nitrogens with one attached hydrogen (secondary N) is 1. The third kappa shape index (κ3) is 3.89. The molecule has 0 bridgehead atoms. The van der Waals surface area contributed by atoms with Crippen molar-refractivity contribution in [3.8, 4) is 11.3 Å². The topological polar surface area (TPSA) is 74.2 Å². The van der Waals surface area contributed by atoms with E-state index in [0.717, 1.165) is 22.8 Å². The number of hydrogen-bond donors (Lipinski definition) is 1. The quantitative estimate of drug-likeness (QED) is 0.480. The molecule has 7 nitrogen and oxygen atoms in total. The van der Waals surface area contributed by atoms with E-state index in [1.165, 1.54) is 5.56 Å². The van der Waals surface area contributed by atoms with Crippen LogP contribution in [0.1, 0.15) is 22.8 Å². The average molecular weight is 437 g/mol. The summed E-state index contributed by atoms with van der Waals surface area (Å²) in [6, 6.07) is 21.6. The van der Waals surface area contributed by atoms with E-state index in [-0.39, 0.29) is 5.91 Å². The number of carbonyl (C=O) groups is 1. The van der Waals surface area contributed by atoms with Gasteiger partial charge in [-0.15, -0.1) is 0 Å². The van der Waals surface area contributed by atoms with Gasteiger partial charge in [-0.05, 0) is 48.9 Å². The van der Waals surface area contributed by atoms with Crippen LogP contribution >= 0.6 is 0 Å². The van der Waals surface area contributed by atoms with Gasteiger partial charge in [-0.1, -0.05) is 30.3 Å². The molecule has 33 heavy (non-hydrogen) atoms. The Bertz CT molecular complexity index is 1290. The van der Waals surface area contributed by atoms with Crippen LogP contribution in [0.25, 0.3) is 11.3 Å². The van der Waals surface area contributed by atoms with Gasteiger partial charge in [0, 0.05) is 38.1 Å². The largest absolute Gasteiger partial charge is 0.366 e. The van der Waals surface area contributed by atoms with E-state index in [1.54, 1.807) is 24.2 Å². The van der Waals surface area contributed by atoms with Crippen LogP contribution in [0.5, 0.6) is 0 Å². The zero-order valence-corrected chi connectivity index (χ0v) is 18.6. The zero-order valence-electron chi connectivity index (χ0n) is 18.6. The molecule has 0 atom stereocenters. The second-order valence-corrected chi connectivity index (χ2v) is 7.79. The Kier molecular flexibility index (Phi) is 5.44. The summed E-state index contributed by atoms with van der Waals surface area (Å²) in [4.78, 5) is 30.6. The fourth-order valence-corrected chi connectivity index (χ4v) is 3.97. The van der Waals surface area contributed by atoms with Crippen molar-refractivity contribution in [2.45, 2.75) is 13.5 Å². The maximum absolute atomic E-state index is 13.0. The minimum atomic E-state index is -0.0969. The van der Waals surface area contributed by atoms with Gasteiger partial charge in [-0.2, -0.15) is 0 Å². The highest BCUT2D eigenvalue weighted by Gasteiger charge is 2.30. The summed E-state index contributed by atoms with van der Waals surface area (Å²) in [6.07, 6.45) is 3.52. The molecule has 7 heteroatoms. The SMILES string of the molecule is CCN1c2ncccc2C(=O)N(C)c2ccc(-c3ccc(NCc4ccccc4)nc3)nc21. The van der Waals surface area contributed by atoms with Crippen LogP contribution in [0.4, 0.5) is 23.1 Å². The van der Waals surface area contributed by atoms with Crippen molar-refractivity contribution in [2.75, 3.05) is 28.7 Å². The molecule has 0 aliphatic carbocycles. The molecule has 0 saturated carbocycles. The molecule has 1 aliphatic rings. The Labute approximate surface area is 192 Å². The molecule has 0 radical (unpaired) electrons. The fourth-order valence-electron chi connectivity index (χ4n) is 3.97. The molecule has 1 aliphatic heterocycles. The van der Waals surface area contributed by atoms with Crippen LogP contribution in [-0.2, 0) is 6.54 Å². The van der Waals surface area contributed by atoms with E-state index in [0.29, 0.717) is 30.3 Å². The van der Waals surface area contributed by atoms with Gasteiger partial charge in [0.1, 0.15) is 11.6 Å². The first kappa shape index (κ1) is 20.6. The number of nitrogens with zero attached hydrogens (tertiary/aromatic N) is 5. The third-order valence-electron chi connectivity index (χ3n) is 5.74. The molecule has 1 aromatic carbocycles. The first-order valence-electron chi connectivity index (χ1n) is 10.9. The lowest BCUT2D eigenvalue weighted by molar-refractivity contribution is 0.0994. The molecule has 0 fully saturated rings. The highest BCUT2D eigenvalue weighted by Crippen LogP contribution is 2.38. The van der Waals surface area contributed by atoms with Gasteiger partial charge >= 0.3 is 0 Å². The lowest BCUT2D eigenvalue weighted by Crippen LogP contribution is -2.25. The van der Waals surface area contributed by atoms with Crippen LogP contribution < -0.4 is 15.1 Å². The second-order valence-electron chi connectivity index (χ2n) is 7.79. The van der Waals surface area contributed by atoms with Crippen LogP contribution in [0.15, 0.2) is 79.1 Å². The Morgan fingerprint density at radius 3 is 2.52 bits per heavy atom. The number of anilines is 4. The van der Waals surface area contributed by atoms with Crippen molar-refractivity contribution in [1.82, 2.24) is 15.0 Å². The second kappa shape index (κ2) is 8.70. The molecule has 0 saturated heterocycles. The summed E-state index contributed by atoms with van der Waals surface area (Å²) in [6.45, 7) is 3.37. The molecule has 5 rings (SSSR count). The average Bonchev–Trinajstić information content (AvgIpc) is 2.96. The number of fused-ring (bicyclic) bond motifs is 2. The summed E-state index contributed by atoms with van der Waals surface area (Å²) in [5.41, 5.74) is 4.20. The predicted octanol–water partition coefficient (Wildman–Crippen LogP) is 4.90. The van der Waals surface area contributed by atoms with Gasteiger partial charge in [-0.3, -0.25) is 4.79 Å². The Hall–Kier alpha value is -4.26. The lowest BCUT2D eigenvalue weighted by atomic mass is 10.1. The highest BCUT2D eigenvalue weighted by molar-refractivity contribution is 6.12. The molecule has 3 aromatic heterocycles. The Morgan fingerprint density at radius 2 is 1.76 bits per heavy atom. The smallest absolute Gasteiger partial charge is 0.261 e. The summed E-state index contributed by atoms with van der Waals surface area (Å²) in [7, 11) is 1.77. The Morgan fingerprint density at radius 1 is 0.909 bits per heavy atom. The molecular weight excluding hydrogens is 412 g/mol. The fraction of sp³-hybridized carbons (Fsp3) is 0.154. The maximum atomic E-state index is 13.0. The number of amides is 1. The van der Waals surface area contributed by atoms with Crippen LogP contribution in [0.3, 0.4) is 0 Å². The van der Waals surface area contributed by atoms with E-state index in [9.17, 15) is 4.79 Å². The monoisotopic (exact) mass is 436 g/mol. The molecule has 1 amide bonds. The molecule has 1 N–H and O–H groups in total. The van der Waals surface area contributed by atoms with E-state index < -0.39 is 0 Å². The van der Waals surface area contributed by atoms with Gasteiger partial charge in [0.25, 0.3) is 5.91 Å². The molecular formula is C26H24N6O. The number of hydrogen-bond acceptors (Lipinski definition) is 6. The number of carbonyl (C=O) groups excluding carboxylic acids is 1. The van der Waals surface area contributed by atoms with Gasteiger partial charge in [-0.25, -0.2) is 15.0 Å². The number of pyridine rings is 3. The number of rotatable bonds is 5. The van der Waals surface area contributed by atoms with Gasteiger partial charge in [0.05, 0.1) is 16.9 Å². The van der Waals surface area contributed by atoms with Crippen molar-refractivity contribution >= 4 is 29.0 Å². The first-order valence-corrected chi connectivity index (χ1v) is 10.9. The molecule has 0 spiro atoms. The summed E-state index contributed by atoms with van der Waals surface area (Å²) >= 11 is 0. The van der Waals surface area contributed by atoms with Gasteiger partial charge in [0.2, 0.25) is 0 Å². The van der Waals surface area contributed by atoms with E-state index in [2.05, 4.69) is 27.4 Å². The number of aromatic nitrogens is 3. The third-order valence-corrected chi connectivity index (χ3v) is 5.74. The summed E-state index contributed by atoms with van der Waals surface area (Å²) in [5, 5.41) is 3.34. The van der Waals surface area contributed by atoms with Crippen LogP contribution in [0.2, 0.25) is 0 Å². The van der Waals surface area contributed by atoms with Crippen molar-refractivity contribution in [1.29, 1.82) is 0 Å². The molecule has 4 heterocycles. The summed E-state index contributed by atoms with van der Waals surface area (Å²) in [5.74, 6) is 2.03. The first-order chi connectivity index (χ1) is 16.2. The molecule has 164 valence electrons. The van der Waals surface area contributed by atoms with E-state index in [1.807, 2.05) is 66.6 Å². The highest BCUT2D eigenvalue weighted by atomic mass is 16.2. The van der Waals surface area contributed by atoms with Crippen LogP contribution in [-0.4, -0.2) is 34.5 Å². The van der Waals surface area contributed by atoms with Crippen molar-refractivity contribution in [3.63, 3.8) is 0 Å². The van der Waals surface area contributed by atoms with Gasteiger partial charge < -0.3 is 15.1 Å². The van der Waals surface area contributed by atoms with Crippen molar-refractivity contribution < 1.29 is 4.79 Å². The Balaban J connectivity index is 1.46. The minimum absolute atomic E-state index is 0.0969. The van der Waals surface area contributed by atoms with E-state index in [4.69, 9.17) is 4.98 Å². The maximum Gasteiger partial charge on any atom is 0.261 e. The molecule has 0 unspecified atom stereocenters. The standard InChI is InChI=1S/C26H24N6O/c1-3-32-24-20(10-7-15-27-24)26(33)31(2)22-13-12-21(30-25(22)32)19-11-14-23(29-17-19)28-16-18-8-5-4-6-9-18/h4-15,17H,3,16H2,1-2H3,(H,28,29). The zero-order chi connectivity index (χ0) is 22.8. The van der Waals surface area contributed by atoms with E-state index >= 15 is 0 Å². The number of benzene rings is 1. The molecule has 4 aromatic rings. The van der Waals surface area contributed by atoms with Gasteiger partial charge in [0.15, 0.2) is 5.82 Å². The van der Waals surface area contributed by atoms with Crippen molar-refractivity contribution in [3.05, 3.63) is 90.3 Å². The summed E-state index contributed by atoms with van der Waals surface area (Å²) < 4.78 is 0.